The van der Waals surface area contributed by atoms with Crippen LogP contribution in [0.25, 0.3) is 11.0 Å². The second-order valence-electron chi connectivity index (χ2n) is 8.75. The van der Waals surface area contributed by atoms with Gasteiger partial charge < -0.3 is 19.4 Å². The van der Waals surface area contributed by atoms with Gasteiger partial charge >= 0.3 is 0 Å². The molecule has 0 bridgehead atoms. The Bertz CT molecular complexity index is 1400. The van der Waals surface area contributed by atoms with Gasteiger partial charge in [-0.1, -0.05) is 18.2 Å². The Morgan fingerprint density at radius 1 is 1.14 bits per heavy atom. The van der Waals surface area contributed by atoms with E-state index >= 15 is 0 Å². The summed E-state index contributed by atoms with van der Waals surface area (Å²) in [4.78, 5) is 52.5. The van der Waals surface area contributed by atoms with Gasteiger partial charge in [-0.3, -0.25) is 19.7 Å². The van der Waals surface area contributed by atoms with Crippen molar-refractivity contribution in [2.24, 2.45) is 0 Å². The van der Waals surface area contributed by atoms with Gasteiger partial charge in [0.15, 0.2) is 0 Å². The molecule has 4 aromatic rings. The number of hydrogen-bond donors (Lipinski definition) is 2. The average Bonchev–Trinajstić information content (AvgIpc) is 3.65. The topological polar surface area (TPSA) is 116 Å². The molecular formula is C26H27N7O3. The van der Waals surface area contributed by atoms with Crippen LogP contribution in [0.1, 0.15) is 40.1 Å². The van der Waals surface area contributed by atoms with Crippen LogP contribution in [-0.4, -0.2) is 62.3 Å². The van der Waals surface area contributed by atoms with E-state index in [-0.39, 0.29) is 17.7 Å². The lowest BCUT2D eigenvalue weighted by Gasteiger charge is -2.18. The maximum atomic E-state index is 12.9. The number of hydrogen-bond acceptors (Lipinski definition) is 5. The van der Waals surface area contributed by atoms with E-state index in [0.29, 0.717) is 47.9 Å². The van der Waals surface area contributed by atoms with Crippen LogP contribution >= 0.6 is 0 Å². The van der Waals surface area contributed by atoms with E-state index in [2.05, 4.69) is 20.3 Å². The van der Waals surface area contributed by atoms with Crippen molar-refractivity contribution >= 4 is 40.4 Å². The van der Waals surface area contributed by atoms with Gasteiger partial charge in [-0.05, 0) is 43.2 Å². The number of imidazole rings is 2. The van der Waals surface area contributed by atoms with Gasteiger partial charge in [0.2, 0.25) is 11.9 Å². The molecule has 0 unspecified atom stereocenters. The molecule has 184 valence electrons. The first-order valence-electron chi connectivity index (χ1n) is 11.9. The molecule has 2 N–H and O–H groups in total. The molecule has 2 aromatic heterocycles. The zero-order valence-corrected chi connectivity index (χ0v) is 20.0. The first-order valence-corrected chi connectivity index (χ1v) is 11.9. The highest BCUT2D eigenvalue weighted by Crippen LogP contribution is 2.26. The smallest absolute Gasteiger partial charge is 0.276 e. The normalized spacial score (nSPS) is 13.4. The summed E-state index contributed by atoms with van der Waals surface area (Å²) >= 11 is 0. The Hall–Kier alpha value is -4.47. The number of nitrogens with one attached hydrogen (secondary N) is 2. The fraction of sp³-hybridized carbons (Fsp3) is 0.269. The van der Waals surface area contributed by atoms with Crippen molar-refractivity contribution in [2.75, 3.05) is 30.4 Å². The van der Waals surface area contributed by atoms with E-state index in [9.17, 15) is 14.4 Å². The SMILES string of the molecule is CN(C(=O)c1ccccc1)c1ccc2c(c1)nc(NC(=O)c1cnc[nH]1)n2CCCN1CCCC1=O. The van der Waals surface area contributed by atoms with Gasteiger partial charge in [0.1, 0.15) is 5.69 Å². The summed E-state index contributed by atoms with van der Waals surface area (Å²) < 4.78 is 1.94. The minimum atomic E-state index is -0.352. The molecule has 10 nitrogen and oxygen atoms in total. The first-order chi connectivity index (χ1) is 17.5. The number of rotatable bonds is 8. The molecule has 0 radical (unpaired) electrons. The molecule has 1 fully saturated rings. The van der Waals surface area contributed by atoms with Crippen LogP contribution in [0.2, 0.25) is 0 Å². The molecule has 10 heteroatoms. The number of nitrogens with zero attached hydrogens (tertiary/aromatic N) is 5. The zero-order chi connectivity index (χ0) is 25.1. The van der Waals surface area contributed by atoms with Crippen molar-refractivity contribution in [3.05, 3.63) is 72.3 Å². The molecule has 0 aliphatic carbocycles. The van der Waals surface area contributed by atoms with Crippen LogP contribution in [0.15, 0.2) is 61.1 Å². The maximum Gasteiger partial charge on any atom is 0.276 e. The predicted octanol–water partition coefficient (Wildman–Crippen LogP) is 3.30. The van der Waals surface area contributed by atoms with E-state index in [4.69, 9.17) is 0 Å². The number of benzene rings is 2. The Morgan fingerprint density at radius 2 is 1.97 bits per heavy atom. The lowest BCUT2D eigenvalue weighted by molar-refractivity contribution is -0.127. The second-order valence-corrected chi connectivity index (χ2v) is 8.75. The molecule has 5 rings (SSSR count). The van der Waals surface area contributed by atoms with E-state index in [1.54, 1.807) is 24.1 Å². The van der Waals surface area contributed by atoms with Crippen molar-refractivity contribution < 1.29 is 14.4 Å². The number of H-pyrrole nitrogens is 1. The summed E-state index contributed by atoms with van der Waals surface area (Å²) in [5.41, 5.74) is 3.08. The lowest BCUT2D eigenvalue weighted by Crippen LogP contribution is -2.26. The van der Waals surface area contributed by atoms with Gasteiger partial charge in [0.25, 0.3) is 11.8 Å². The summed E-state index contributed by atoms with van der Waals surface area (Å²) in [7, 11) is 1.72. The third-order valence-corrected chi connectivity index (χ3v) is 6.39. The minimum Gasteiger partial charge on any atom is -0.343 e. The van der Waals surface area contributed by atoms with Crippen LogP contribution in [0.3, 0.4) is 0 Å². The molecule has 2 aromatic carbocycles. The molecule has 36 heavy (non-hydrogen) atoms. The highest BCUT2D eigenvalue weighted by atomic mass is 16.2. The van der Waals surface area contributed by atoms with Crippen LogP contribution in [-0.2, 0) is 11.3 Å². The minimum absolute atomic E-state index is 0.127. The second kappa shape index (κ2) is 10.0. The molecule has 3 amide bonds. The molecule has 1 aliphatic heterocycles. The number of aromatic amines is 1. The Morgan fingerprint density at radius 3 is 2.69 bits per heavy atom. The largest absolute Gasteiger partial charge is 0.343 e. The summed E-state index contributed by atoms with van der Waals surface area (Å²) in [6, 6.07) is 14.7. The predicted molar refractivity (Wildman–Crippen MR) is 136 cm³/mol. The Kier molecular flexibility index (Phi) is 6.48. The average molecular weight is 486 g/mol. The molecule has 0 atom stereocenters. The lowest BCUT2D eigenvalue weighted by atomic mass is 10.2. The molecule has 0 spiro atoms. The summed E-state index contributed by atoms with van der Waals surface area (Å²) in [6.07, 6.45) is 5.12. The number of aromatic nitrogens is 4. The summed E-state index contributed by atoms with van der Waals surface area (Å²) in [5, 5.41) is 2.87. The Labute approximate surface area is 207 Å². The quantitative estimate of drug-likeness (QED) is 0.397. The fourth-order valence-corrected chi connectivity index (χ4v) is 4.45. The molecule has 1 saturated heterocycles. The van der Waals surface area contributed by atoms with Crippen LogP contribution in [0, 0.1) is 0 Å². The molecule has 1 aliphatic rings. The number of amides is 3. The van der Waals surface area contributed by atoms with Crippen molar-refractivity contribution in [3.8, 4) is 0 Å². The van der Waals surface area contributed by atoms with Gasteiger partial charge in [0.05, 0.1) is 23.6 Å². The number of fused-ring (bicyclic) bond motifs is 1. The van der Waals surface area contributed by atoms with Gasteiger partial charge in [-0.25, -0.2) is 9.97 Å². The van der Waals surface area contributed by atoms with E-state index in [1.165, 1.54) is 12.5 Å². The number of aryl methyl sites for hydroxylation is 1. The van der Waals surface area contributed by atoms with Gasteiger partial charge in [-0.2, -0.15) is 0 Å². The number of carbonyl (C=O) groups excluding carboxylic acids is 3. The van der Waals surface area contributed by atoms with Gasteiger partial charge in [0, 0.05) is 44.4 Å². The number of carbonyl (C=O) groups is 3. The monoisotopic (exact) mass is 485 g/mol. The summed E-state index contributed by atoms with van der Waals surface area (Å²) in [5.74, 6) is 0.105. The third kappa shape index (κ3) is 4.70. The van der Waals surface area contributed by atoms with E-state index in [0.717, 1.165) is 24.9 Å². The molecule has 0 saturated carbocycles. The van der Waals surface area contributed by atoms with E-state index < -0.39 is 0 Å². The fourth-order valence-electron chi connectivity index (χ4n) is 4.45. The van der Waals surface area contributed by atoms with Crippen LogP contribution in [0.5, 0.6) is 0 Å². The standard InChI is InChI=1S/C26H27N7O3/c1-31(25(36)18-7-3-2-4-8-18)19-10-11-22-20(15-19)29-26(30-24(35)21-16-27-17-28-21)33(22)14-6-13-32-12-5-9-23(32)34/h2-4,7-8,10-11,15-17H,5-6,9,12-14H2,1H3,(H,27,28)(H,29,30,35). The van der Waals surface area contributed by atoms with Crippen molar-refractivity contribution in [2.45, 2.75) is 25.8 Å². The maximum absolute atomic E-state index is 12.9. The molecule has 3 heterocycles. The van der Waals surface area contributed by atoms with Crippen LogP contribution < -0.4 is 10.2 Å². The number of anilines is 2. The van der Waals surface area contributed by atoms with Crippen molar-refractivity contribution in [1.82, 2.24) is 24.4 Å². The number of likely N-dealkylation sites (tertiary alicyclic amines) is 1. The highest BCUT2D eigenvalue weighted by Gasteiger charge is 2.21. The van der Waals surface area contributed by atoms with Crippen LogP contribution in [0.4, 0.5) is 11.6 Å². The first kappa shape index (κ1) is 23.3. The van der Waals surface area contributed by atoms with Crippen molar-refractivity contribution in [1.29, 1.82) is 0 Å². The Balaban J connectivity index is 1.42. The highest BCUT2D eigenvalue weighted by molar-refractivity contribution is 6.06. The van der Waals surface area contributed by atoms with E-state index in [1.807, 2.05) is 45.9 Å². The molecular weight excluding hydrogens is 458 g/mol. The van der Waals surface area contributed by atoms with Crippen molar-refractivity contribution in [3.63, 3.8) is 0 Å². The van der Waals surface area contributed by atoms with Gasteiger partial charge in [-0.15, -0.1) is 0 Å². The zero-order valence-electron chi connectivity index (χ0n) is 20.0. The summed E-state index contributed by atoms with van der Waals surface area (Å²) in [6.45, 7) is 2.01. The third-order valence-electron chi connectivity index (χ3n) is 6.39.